The van der Waals surface area contributed by atoms with E-state index in [1.165, 1.54) is 24.2 Å². The number of ketones is 1. The maximum absolute atomic E-state index is 12.6. The van der Waals surface area contributed by atoms with Gasteiger partial charge < -0.3 is 14.8 Å². The highest BCUT2D eigenvalue weighted by Gasteiger charge is 2.39. The molecule has 0 bridgehead atoms. The highest BCUT2D eigenvalue weighted by atomic mass is 16.8. The molecule has 6 unspecified atom stereocenters. The molecule has 2 rings (SSSR count). The Hall–Kier alpha value is -0.530. The molecule has 0 aromatic carbocycles. The number of piperidine rings is 1. The summed E-state index contributed by atoms with van der Waals surface area (Å²) in [4.78, 5) is 14.0. The molecule has 0 amide bonds. The van der Waals surface area contributed by atoms with E-state index in [9.17, 15) is 15.2 Å². The van der Waals surface area contributed by atoms with Crippen LogP contribution in [-0.4, -0.2) is 49.4 Å². The summed E-state index contributed by atoms with van der Waals surface area (Å²) < 4.78 is 5.57. The van der Waals surface area contributed by atoms with Crippen LogP contribution in [-0.2, 0) is 9.53 Å². The summed E-state index contributed by atoms with van der Waals surface area (Å²) >= 11 is 0. The zero-order valence-electron chi connectivity index (χ0n) is 14.6. The Morgan fingerprint density at radius 1 is 1.35 bits per heavy atom. The van der Waals surface area contributed by atoms with E-state index >= 15 is 0 Å². The first-order valence-corrected chi connectivity index (χ1v) is 9.25. The first-order valence-electron chi connectivity index (χ1n) is 9.25. The number of ether oxygens (including phenoxy) is 1. The minimum Gasteiger partial charge on any atom is -0.600 e. The predicted octanol–water partition coefficient (Wildman–Crippen LogP) is -0.394. The summed E-state index contributed by atoms with van der Waals surface area (Å²) in [5.74, 6) is 0.910. The number of carbonyl (C=O) groups is 1. The molecule has 0 spiro atoms. The van der Waals surface area contributed by atoms with Crippen molar-refractivity contribution in [1.82, 2.24) is 0 Å². The average Bonchev–Trinajstić information content (AvgIpc) is 2.55. The van der Waals surface area contributed by atoms with Crippen LogP contribution in [0.25, 0.3) is 0 Å². The molecule has 6 nitrogen and oxygen atoms in total. The SMILES string of the molecule is CCOC1CCC(C(=O)C[NH+]2CCCC(CC)C2)CC1[NH+]([O-])O. The molecule has 6 heteroatoms. The van der Waals surface area contributed by atoms with E-state index in [1.54, 1.807) is 0 Å². The zero-order valence-corrected chi connectivity index (χ0v) is 14.6. The Bertz CT molecular complexity index is 378. The number of hydrogen-bond donors (Lipinski definition) is 3. The molecule has 0 radical (unpaired) electrons. The molecule has 1 aliphatic heterocycles. The summed E-state index contributed by atoms with van der Waals surface area (Å²) in [6, 6.07) is -0.530. The monoisotopic (exact) mass is 329 g/mol. The first kappa shape index (κ1) is 18.8. The van der Waals surface area contributed by atoms with Crippen molar-refractivity contribution in [2.45, 2.75) is 64.5 Å². The van der Waals surface area contributed by atoms with Crippen molar-refractivity contribution in [2.75, 3.05) is 26.2 Å². The van der Waals surface area contributed by atoms with Crippen LogP contribution in [0.4, 0.5) is 0 Å². The van der Waals surface area contributed by atoms with E-state index in [4.69, 9.17) is 4.74 Å². The van der Waals surface area contributed by atoms with Crippen molar-refractivity contribution < 1.29 is 24.9 Å². The molecular formula is C17H33N2O4+. The first-order chi connectivity index (χ1) is 11.0. The largest absolute Gasteiger partial charge is 0.600 e. The molecule has 2 fully saturated rings. The molecule has 1 heterocycles. The van der Waals surface area contributed by atoms with Crippen LogP contribution in [0, 0.1) is 17.0 Å². The lowest BCUT2D eigenvalue weighted by atomic mass is 9.81. The van der Waals surface area contributed by atoms with E-state index in [0.29, 0.717) is 26.0 Å². The predicted molar refractivity (Wildman–Crippen MR) is 86.2 cm³/mol. The lowest BCUT2D eigenvalue weighted by Crippen LogP contribution is -3.14. The van der Waals surface area contributed by atoms with Gasteiger partial charge in [-0.2, -0.15) is 0 Å². The van der Waals surface area contributed by atoms with Crippen LogP contribution in [0.2, 0.25) is 0 Å². The van der Waals surface area contributed by atoms with E-state index in [1.807, 2.05) is 6.92 Å². The van der Waals surface area contributed by atoms with Crippen LogP contribution in [0.15, 0.2) is 0 Å². The maximum Gasteiger partial charge on any atom is 0.190 e. The highest BCUT2D eigenvalue weighted by molar-refractivity contribution is 5.82. The summed E-state index contributed by atoms with van der Waals surface area (Å²) in [5.41, 5.74) is 0. The number of hydrogen-bond acceptors (Lipinski definition) is 4. The van der Waals surface area contributed by atoms with Gasteiger partial charge in [0.2, 0.25) is 0 Å². The van der Waals surface area contributed by atoms with E-state index < -0.39 is 11.3 Å². The van der Waals surface area contributed by atoms with Crippen molar-refractivity contribution in [3.63, 3.8) is 0 Å². The quantitative estimate of drug-likeness (QED) is 0.556. The van der Waals surface area contributed by atoms with Crippen LogP contribution in [0.3, 0.4) is 0 Å². The van der Waals surface area contributed by atoms with Crippen molar-refractivity contribution >= 4 is 5.78 Å². The summed E-state index contributed by atoms with van der Waals surface area (Å²) in [6.07, 6.45) is 5.37. The number of carbonyl (C=O) groups excluding carboxylic acids is 1. The molecule has 1 aliphatic carbocycles. The Balaban J connectivity index is 1.87. The minimum absolute atomic E-state index is 0.0951. The van der Waals surface area contributed by atoms with Gasteiger partial charge in [-0.15, -0.1) is 0 Å². The third-order valence-corrected chi connectivity index (χ3v) is 5.66. The second kappa shape index (κ2) is 9.08. The van der Waals surface area contributed by atoms with E-state index in [-0.39, 0.29) is 17.8 Å². The Morgan fingerprint density at radius 3 is 2.78 bits per heavy atom. The van der Waals surface area contributed by atoms with Crippen LogP contribution < -0.4 is 10.1 Å². The molecule has 1 saturated carbocycles. The number of nitrogens with one attached hydrogen (secondary N) is 2. The number of hydroxylamine groups is 2. The Labute approximate surface area is 139 Å². The fraction of sp³-hybridized carbons (Fsp3) is 0.941. The van der Waals surface area contributed by atoms with Crippen molar-refractivity contribution in [3.05, 3.63) is 5.21 Å². The molecule has 1 saturated heterocycles. The van der Waals surface area contributed by atoms with Crippen LogP contribution >= 0.6 is 0 Å². The second-order valence-corrected chi connectivity index (χ2v) is 7.21. The molecular weight excluding hydrogens is 296 g/mol. The highest BCUT2D eigenvalue weighted by Crippen LogP contribution is 2.26. The average molecular weight is 329 g/mol. The van der Waals surface area contributed by atoms with Gasteiger partial charge in [-0.3, -0.25) is 4.79 Å². The van der Waals surface area contributed by atoms with Gasteiger partial charge in [0.25, 0.3) is 0 Å². The fourth-order valence-corrected chi connectivity index (χ4v) is 4.26. The lowest BCUT2D eigenvalue weighted by Gasteiger charge is -2.37. The van der Waals surface area contributed by atoms with Gasteiger partial charge in [-0.05, 0) is 39.0 Å². The zero-order chi connectivity index (χ0) is 16.8. The van der Waals surface area contributed by atoms with Crippen molar-refractivity contribution in [3.8, 4) is 0 Å². The molecule has 0 aromatic heterocycles. The normalized spacial score (nSPS) is 36.6. The van der Waals surface area contributed by atoms with Crippen LogP contribution in [0.1, 0.15) is 52.4 Å². The minimum atomic E-state index is -0.822. The van der Waals surface area contributed by atoms with E-state index in [2.05, 4.69) is 6.92 Å². The van der Waals surface area contributed by atoms with Gasteiger partial charge >= 0.3 is 0 Å². The molecule has 3 N–H and O–H groups in total. The summed E-state index contributed by atoms with van der Waals surface area (Å²) in [5, 5.41) is 20.1. The molecule has 23 heavy (non-hydrogen) atoms. The number of quaternary nitrogens is 2. The third kappa shape index (κ3) is 5.22. The standard InChI is InChI=1S/C17H32N2O4/c1-3-13-6-5-9-18(11-13)12-16(20)14-7-8-17(23-4-2)15(10-14)19(21)22/h13-15,17,19,21H,3-12H2,1-2H3/p+1. The molecule has 0 aromatic rings. The number of likely N-dealkylation sites (tertiary alicyclic amines) is 1. The van der Waals surface area contributed by atoms with Crippen molar-refractivity contribution in [1.29, 1.82) is 0 Å². The van der Waals surface area contributed by atoms with Gasteiger partial charge in [-0.25, -0.2) is 10.4 Å². The second-order valence-electron chi connectivity index (χ2n) is 7.21. The summed E-state index contributed by atoms with van der Waals surface area (Å²) in [7, 11) is 0. The number of Topliss-reactive ketones (excluding diaryl/α,β-unsaturated/α-hetero) is 1. The van der Waals surface area contributed by atoms with Gasteiger partial charge in [0.1, 0.15) is 18.7 Å². The van der Waals surface area contributed by atoms with Crippen LogP contribution in [0.5, 0.6) is 0 Å². The smallest absolute Gasteiger partial charge is 0.190 e. The lowest BCUT2D eigenvalue weighted by molar-refractivity contribution is -1.07. The fourth-order valence-electron chi connectivity index (χ4n) is 4.26. The van der Waals surface area contributed by atoms with Gasteiger partial charge in [0.05, 0.1) is 13.1 Å². The molecule has 2 aliphatic rings. The van der Waals surface area contributed by atoms with Gasteiger partial charge in [0.15, 0.2) is 5.78 Å². The topological polar surface area (TPSA) is 78.5 Å². The van der Waals surface area contributed by atoms with E-state index in [0.717, 1.165) is 25.4 Å². The third-order valence-electron chi connectivity index (χ3n) is 5.66. The van der Waals surface area contributed by atoms with Gasteiger partial charge in [0, 0.05) is 24.9 Å². The molecule has 6 atom stereocenters. The number of rotatable bonds is 7. The Kier molecular flexibility index (Phi) is 7.43. The van der Waals surface area contributed by atoms with Crippen molar-refractivity contribution in [2.24, 2.45) is 11.8 Å². The molecule has 134 valence electrons. The summed E-state index contributed by atoms with van der Waals surface area (Å²) in [6.45, 7) is 7.40. The Morgan fingerprint density at radius 2 is 2.13 bits per heavy atom. The van der Waals surface area contributed by atoms with Gasteiger partial charge in [-0.1, -0.05) is 6.92 Å². The maximum atomic E-state index is 12.6.